The number of nitrogens with one attached hydrogen (secondary N) is 2. The summed E-state index contributed by atoms with van der Waals surface area (Å²) in [5, 5.41) is 7.14. The highest BCUT2D eigenvalue weighted by Gasteiger charge is 2.30. The Morgan fingerprint density at radius 3 is 2.52 bits per heavy atom. The van der Waals surface area contributed by atoms with Crippen LogP contribution in [0, 0.1) is 0 Å². The molecule has 4 nitrogen and oxygen atoms in total. The SMILES string of the molecule is COc1cccc(NC(=S)N/N=C(/C)c2cccc(C(F)(F)F)c2)c1. The number of anilines is 1. The lowest BCUT2D eigenvalue weighted by Gasteiger charge is -2.10. The summed E-state index contributed by atoms with van der Waals surface area (Å²) in [6, 6.07) is 12.1. The first-order valence-electron chi connectivity index (χ1n) is 7.22. The molecule has 0 saturated carbocycles. The van der Waals surface area contributed by atoms with E-state index in [1.165, 1.54) is 6.07 Å². The minimum atomic E-state index is -4.40. The largest absolute Gasteiger partial charge is 0.497 e. The van der Waals surface area contributed by atoms with E-state index < -0.39 is 11.7 Å². The number of halogens is 3. The first kappa shape index (κ1) is 18.7. The molecule has 25 heavy (non-hydrogen) atoms. The molecule has 2 aromatic rings. The molecule has 0 amide bonds. The van der Waals surface area contributed by atoms with E-state index in [0.29, 0.717) is 22.7 Å². The minimum absolute atomic E-state index is 0.208. The number of benzene rings is 2. The van der Waals surface area contributed by atoms with E-state index >= 15 is 0 Å². The Balaban J connectivity index is 2.04. The molecule has 0 bridgehead atoms. The van der Waals surface area contributed by atoms with Crippen molar-refractivity contribution in [3.05, 3.63) is 59.7 Å². The van der Waals surface area contributed by atoms with E-state index in [0.717, 1.165) is 12.1 Å². The van der Waals surface area contributed by atoms with Gasteiger partial charge < -0.3 is 10.1 Å². The van der Waals surface area contributed by atoms with E-state index in [2.05, 4.69) is 15.8 Å². The monoisotopic (exact) mass is 367 g/mol. The van der Waals surface area contributed by atoms with Crippen molar-refractivity contribution in [2.24, 2.45) is 5.10 Å². The van der Waals surface area contributed by atoms with Gasteiger partial charge in [-0.2, -0.15) is 18.3 Å². The summed E-state index contributed by atoms with van der Waals surface area (Å²) >= 11 is 5.12. The first-order valence-corrected chi connectivity index (χ1v) is 7.63. The van der Waals surface area contributed by atoms with Crippen molar-refractivity contribution in [2.75, 3.05) is 12.4 Å². The molecule has 0 aliphatic rings. The Morgan fingerprint density at radius 2 is 1.84 bits per heavy atom. The number of hydrazone groups is 1. The fourth-order valence-electron chi connectivity index (χ4n) is 1.98. The zero-order chi connectivity index (χ0) is 18.4. The van der Waals surface area contributed by atoms with Crippen LogP contribution in [-0.4, -0.2) is 17.9 Å². The van der Waals surface area contributed by atoms with Crippen LogP contribution >= 0.6 is 12.2 Å². The molecule has 0 saturated heterocycles. The van der Waals surface area contributed by atoms with Crippen molar-refractivity contribution in [3.63, 3.8) is 0 Å². The highest BCUT2D eigenvalue weighted by Crippen LogP contribution is 2.29. The van der Waals surface area contributed by atoms with Crippen molar-refractivity contribution in [3.8, 4) is 5.75 Å². The van der Waals surface area contributed by atoms with Gasteiger partial charge in [0.05, 0.1) is 18.4 Å². The van der Waals surface area contributed by atoms with Gasteiger partial charge in [0.25, 0.3) is 0 Å². The smallest absolute Gasteiger partial charge is 0.416 e. The predicted octanol–water partition coefficient (Wildman–Crippen LogP) is 4.42. The molecule has 8 heteroatoms. The maximum absolute atomic E-state index is 12.8. The van der Waals surface area contributed by atoms with Crippen LogP contribution in [-0.2, 0) is 6.18 Å². The van der Waals surface area contributed by atoms with Gasteiger partial charge in [0.1, 0.15) is 5.75 Å². The van der Waals surface area contributed by atoms with Crippen LogP contribution in [0.3, 0.4) is 0 Å². The molecule has 0 fully saturated rings. The van der Waals surface area contributed by atoms with Crippen LogP contribution in [0.4, 0.5) is 18.9 Å². The second-order valence-corrected chi connectivity index (χ2v) is 5.48. The lowest BCUT2D eigenvalue weighted by Crippen LogP contribution is -2.25. The molecule has 0 aromatic heterocycles. The summed E-state index contributed by atoms with van der Waals surface area (Å²) in [5.41, 5.74) is 3.31. The molecule has 0 radical (unpaired) electrons. The third kappa shape index (κ3) is 5.46. The predicted molar refractivity (Wildman–Crippen MR) is 96.0 cm³/mol. The van der Waals surface area contributed by atoms with Crippen LogP contribution in [0.25, 0.3) is 0 Å². The van der Waals surface area contributed by atoms with Gasteiger partial charge in [-0.1, -0.05) is 18.2 Å². The Hall–Kier alpha value is -2.61. The summed E-state index contributed by atoms with van der Waals surface area (Å²) in [6.07, 6.45) is -4.40. The molecular weight excluding hydrogens is 351 g/mol. The van der Waals surface area contributed by atoms with Crippen molar-refractivity contribution < 1.29 is 17.9 Å². The minimum Gasteiger partial charge on any atom is -0.497 e. The number of methoxy groups -OCH3 is 1. The average molecular weight is 367 g/mol. The number of nitrogens with zero attached hydrogens (tertiary/aromatic N) is 1. The van der Waals surface area contributed by atoms with Gasteiger partial charge >= 0.3 is 6.18 Å². The Kier molecular flexibility index (Phi) is 5.97. The number of hydrogen-bond donors (Lipinski definition) is 2. The summed E-state index contributed by atoms with van der Waals surface area (Å²) in [4.78, 5) is 0. The fraction of sp³-hybridized carbons (Fsp3) is 0.176. The zero-order valence-corrected chi connectivity index (χ0v) is 14.3. The first-order chi connectivity index (χ1) is 11.8. The van der Waals surface area contributed by atoms with Crippen LogP contribution in [0.15, 0.2) is 53.6 Å². The third-order valence-corrected chi connectivity index (χ3v) is 3.45. The maximum Gasteiger partial charge on any atom is 0.416 e. The van der Waals surface area contributed by atoms with Gasteiger partial charge in [-0.3, -0.25) is 5.43 Å². The topological polar surface area (TPSA) is 45.6 Å². The Labute approximate surface area is 148 Å². The maximum atomic E-state index is 12.8. The van der Waals surface area contributed by atoms with Crippen LogP contribution in [0.1, 0.15) is 18.1 Å². The highest BCUT2D eigenvalue weighted by atomic mass is 32.1. The molecule has 2 aromatic carbocycles. The van der Waals surface area contributed by atoms with Gasteiger partial charge in [-0.05, 0) is 49.0 Å². The number of rotatable bonds is 4. The van der Waals surface area contributed by atoms with Gasteiger partial charge in [0.15, 0.2) is 5.11 Å². The number of ether oxygens (including phenoxy) is 1. The van der Waals surface area contributed by atoms with Gasteiger partial charge in [-0.15, -0.1) is 0 Å². The quantitative estimate of drug-likeness (QED) is 0.477. The lowest BCUT2D eigenvalue weighted by molar-refractivity contribution is -0.137. The van der Waals surface area contributed by atoms with Crippen LogP contribution in [0.2, 0.25) is 0 Å². The Morgan fingerprint density at radius 1 is 1.12 bits per heavy atom. The molecule has 0 atom stereocenters. The summed E-state index contributed by atoms with van der Waals surface area (Å²) in [6.45, 7) is 1.59. The normalized spacial score (nSPS) is 11.8. The summed E-state index contributed by atoms with van der Waals surface area (Å²) in [7, 11) is 1.55. The van der Waals surface area contributed by atoms with E-state index in [4.69, 9.17) is 17.0 Å². The molecule has 0 spiro atoms. The second kappa shape index (κ2) is 7.98. The number of hydrogen-bond acceptors (Lipinski definition) is 3. The standard InChI is InChI=1S/C17H16F3N3OS/c1-11(12-5-3-6-13(9-12)17(18,19)20)22-23-16(25)21-14-7-4-8-15(10-14)24-2/h3-10H,1-2H3,(H2,21,23,25)/b22-11-. The molecule has 2 rings (SSSR count). The van der Waals surface area contributed by atoms with Gasteiger partial charge in [-0.25, -0.2) is 0 Å². The molecule has 0 aliphatic heterocycles. The number of thiocarbonyl (C=S) groups is 1. The van der Waals surface area contributed by atoms with Gasteiger partial charge in [0, 0.05) is 11.8 Å². The van der Waals surface area contributed by atoms with E-state index in [1.54, 1.807) is 44.4 Å². The van der Waals surface area contributed by atoms with Crippen LogP contribution in [0.5, 0.6) is 5.75 Å². The molecule has 132 valence electrons. The van der Waals surface area contributed by atoms with Crippen molar-refractivity contribution >= 4 is 28.7 Å². The molecule has 2 N–H and O–H groups in total. The summed E-state index contributed by atoms with van der Waals surface area (Å²) < 4.78 is 43.4. The highest BCUT2D eigenvalue weighted by molar-refractivity contribution is 7.80. The molecule has 0 unspecified atom stereocenters. The van der Waals surface area contributed by atoms with E-state index in [-0.39, 0.29) is 5.11 Å². The molecule has 0 aliphatic carbocycles. The lowest BCUT2D eigenvalue weighted by atomic mass is 10.1. The molecule has 0 heterocycles. The average Bonchev–Trinajstić information content (AvgIpc) is 2.59. The summed E-state index contributed by atoms with van der Waals surface area (Å²) in [5.74, 6) is 0.663. The Bertz CT molecular complexity index is 791. The molecular formula is C17H16F3N3OS. The second-order valence-electron chi connectivity index (χ2n) is 5.07. The zero-order valence-electron chi connectivity index (χ0n) is 13.5. The van der Waals surface area contributed by atoms with Crippen molar-refractivity contribution in [2.45, 2.75) is 13.1 Å². The van der Waals surface area contributed by atoms with E-state index in [1.807, 2.05) is 0 Å². The van der Waals surface area contributed by atoms with Gasteiger partial charge in [0.2, 0.25) is 0 Å². The van der Waals surface area contributed by atoms with E-state index in [9.17, 15) is 13.2 Å². The third-order valence-electron chi connectivity index (χ3n) is 3.26. The van der Waals surface area contributed by atoms with Crippen molar-refractivity contribution in [1.82, 2.24) is 5.43 Å². The van der Waals surface area contributed by atoms with Crippen LogP contribution < -0.4 is 15.5 Å². The fourth-order valence-corrected chi connectivity index (χ4v) is 2.14. The van der Waals surface area contributed by atoms with Crippen molar-refractivity contribution in [1.29, 1.82) is 0 Å². The number of alkyl halides is 3.